The molecule has 2 fully saturated rings. The van der Waals surface area contributed by atoms with Crippen molar-refractivity contribution in [1.29, 1.82) is 0 Å². The van der Waals surface area contributed by atoms with Gasteiger partial charge in [0.05, 0.1) is 6.10 Å². The van der Waals surface area contributed by atoms with E-state index in [-0.39, 0.29) is 24.9 Å². The van der Waals surface area contributed by atoms with Gasteiger partial charge in [-0.1, -0.05) is 0 Å². The number of carbonyl (C=O) groups is 3. The smallest absolute Gasteiger partial charge is 0.329 e. The molecule has 2 saturated heterocycles. The molecule has 122 valence electrons. The van der Waals surface area contributed by atoms with Gasteiger partial charge in [0.25, 0.3) is 5.91 Å². The summed E-state index contributed by atoms with van der Waals surface area (Å²) in [6.45, 7) is 1.91. The van der Waals surface area contributed by atoms with Gasteiger partial charge in [-0.3, -0.25) is 19.8 Å². The van der Waals surface area contributed by atoms with Crippen LogP contribution in [0.4, 0.5) is 10.5 Å². The fourth-order valence-corrected chi connectivity index (χ4v) is 2.69. The summed E-state index contributed by atoms with van der Waals surface area (Å²) in [5.74, 6) is -0.512. The van der Waals surface area contributed by atoms with Crippen molar-refractivity contribution in [3.8, 4) is 0 Å². The first-order valence-electron chi connectivity index (χ1n) is 7.44. The summed E-state index contributed by atoms with van der Waals surface area (Å²) in [6.07, 6.45) is -0.583. The minimum absolute atomic E-state index is 0.0177. The van der Waals surface area contributed by atoms with E-state index in [2.05, 4.69) is 10.6 Å². The molecule has 1 atom stereocenters. The van der Waals surface area contributed by atoms with Crippen LogP contribution in [-0.4, -0.2) is 66.7 Å². The van der Waals surface area contributed by atoms with Crippen molar-refractivity contribution in [3.63, 3.8) is 0 Å². The molecule has 1 unspecified atom stereocenters. The highest BCUT2D eigenvalue weighted by molar-refractivity contribution is 6.12. The standard InChI is InChI=1S/C15H18N4O4/c20-12-7-16-5-6-18(8-12)14(22)10-1-3-11(4-2-10)19-9-13(21)17-15(19)23/h1-4,12,16,20H,5-9H2,(H,17,21,23). The fraction of sp³-hybridized carbons (Fsp3) is 0.400. The third kappa shape index (κ3) is 3.33. The Morgan fingerprint density at radius 1 is 1.22 bits per heavy atom. The molecule has 8 heteroatoms. The lowest BCUT2D eigenvalue weighted by atomic mass is 10.1. The molecule has 2 aliphatic heterocycles. The summed E-state index contributed by atoms with van der Waals surface area (Å²) >= 11 is 0. The normalized spacial score (nSPS) is 22.0. The first-order valence-corrected chi connectivity index (χ1v) is 7.44. The van der Waals surface area contributed by atoms with E-state index in [9.17, 15) is 19.5 Å². The number of carbonyl (C=O) groups excluding carboxylic acids is 3. The van der Waals surface area contributed by atoms with Gasteiger partial charge in [0, 0.05) is 37.4 Å². The van der Waals surface area contributed by atoms with E-state index >= 15 is 0 Å². The zero-order valence-electron chi connectivity index (χ0n) is 12.5. The first kappa shape index (κ1) is 15.4. The number of β-amino-alcohol motifs (C(OH)–C–C–N with tert-alkyl or cyclic N) is 1. The van der Waals surface area contributed by atoms with Crippen LogP contribution < -0.4 is 15.5 Å². The Morgan fingerprint density at radius 2 is 1.96 bits per heavy atom. The summed E-state index contributed by atoms with van der Waals surface area (Å²) in [4.78, 5) is 38.2. The topological polar surface area (TPSA) is 102 Å². The van der Waals surface area contributed by atoms with Crippen LogP contribution in [0.2, 0.25) is 0 Å². The maximum Gasteiger partial charge on any atom is 0.329 e. The summed E-state index contributed by atoms with van der Waals surface area (Å²) in [5, 5.41) is 15.0. The summed E-state index contributed by atoms with van der Waals surface area (Å²) in [5.41, 5.74) is 1.04. The second-order valence-electron chi connectivity index (χ2n) is 5.60. The molecule has 0 aromatic heterocycles. The van der Waals surface area contributed by atoms with Crippen molar-refractivity contribution in [2.75, 3.05) is 37.6 Å². The lowest BCUT2D eigenvalue weighted by Crippen LogP contribution is -2.37. The Balaban J connectivity index is 1.72. The van der Waals surface area contributed by atoms with Crippen LogP contribution >= 0.6 is 0 Å². The molecule has 0 bridgehead atoms. The highest BCUT2D eigenvalue weighted by atomic mass is 16.3. The largest absolute Gasteiger partial charge is 0.390 e. The molecular weight excluding hydrogens is 300 g/mol. The van der Waals surface area contributed by atoms with Crippen LogP contribution in [0.25, 0.3) is 0 Å². The van der Waals surface area contributed by atoms with Crippen LogP contribution in [0, 0.1) is 0 Å². The molecule has 0 aliphatic carbocycles. The summed E-state index contributed by atoms with van der Waals surface area (Å²) < 4.78 is 0. The molecule has 3 N–H and O–H groups in total. The number of hydrogen-bond acceptors (Lipinski definition) is 5. The van der Waals surface area contributed by atoms with Crippen LogP contribution in [0.15, 0.2) is 24.3 Å². The Labute approximate surface area is 133 Å². The molecule has 2 heterocycles. The number of aliphatic hydroxyl groups is 1. The Hall–Kier alpha value is -2.45. The third-order valence-electron chi connectivity index (χ3n) is 3.88. The monoisotopic (exact) mass is 318 g/mol. The van der Waals surface area contributed by atoms with Crippen molar-refractivity contribution in [2.45, 2.75) is 6.10 Å². The average Bonchev–Trinajstić information content (AvgIpc) is 2.73. The van der Waals surface area contributed by atoms with E-state index in [0.717, 1.165) is 0 Å². The fourth-order valence-electron chi connectivity index (χ4n) is 2.69. The molecular formula is C15H18N4O4. The number of imide groups is 1. The molecule has 0 spiro atoms. The maximum atomic E-state index is 12.5. The van der Waals surface area contributed by atoms with E-state index in [4.69, 9.17) is 0 Å². The second-order valence-corrected chi connectivity index (χ2v) is 5.60. The molecule has 1 aromatic rings. The number of urea groups is 1. The number of amides is 4. The van der Waals surface area contributed by atoms with Crippen molar-refractivity contribution in [1.82, 2.24) is 15.5 Å². The Kier molecular flexibility index (Phi) is 4.26. The van der Waals surface area contributed by atoms with Crippen LogP contribution in [0.3, 0.4) is 0 Å². The zero-order chi connectivity index (χ0) is 16.4. The number of benzene rings is 1. The lowest BCUT2D eigenvalue weighted by Gasteiger charge is -2.22. The third-order valence-corrected chi connectivity index (χ3v) is 3.88. The molecule has 8 nitrogen and oxygen atoms in total. The molecule has 2 aliphatic rings. The first-order chi connectivity index (χ1) is 11.0. The molecule has 0 radical (unpaired) electrons. The van der Waals surface area contributed by atoms with E-state index in [1.165, 1.54) is 4.90 Å². The van der Waals surface area contributed by atoms with Crippen LogP contribution in [0.5, 0.6) is 0 Å². The Bertz CT molecular complexity index is 631. The number of anilines is 1. The van der Waals surface area contributed by atoms with E-state index in [1.807, 2.05) is 0 Å². The van der Waals surface area contributed by atoms with Crippen LogP contribution in [0.1, 0.15) is 10.4 Å². The molecule has 4 amide bonds. The van der Waals surface area contributed by atoms with E-state index in [1.54, 1.807) is 29.2 Å². The minimum Gasteiger partial charge on any atom is -0.390 e. The number of nitrogens with one attached hydrogen (secondary N) is 2. The molecule has 0 saturated carbocycles. The van der Waals surface area contributed by atoms with Gasteiger partial charge in [0.15, 0.2) is 0 Å². The van der Waals surface area contributed by atoms with Gasteiger partial charge in [-0.2, -0.15) is 0 Å². The Morgan fingerprint density at radius 3 is 2.61 bits per heavy atom. The zero-order valence-corrected chi connectivity index (χ0v) is 12.5. The molecule has 1 aromatic carbocycles. The van der Waals surface area contributed by atoms with E-state index in [0.29, 0.717) is 30.9 Å². The highest BCUT2D eigenvalue weighted by Gasteiger charge is 2.28. The van der Waals surface area contributed by atoms with Gasteiger partial charge in [-0.25, -0.2) is 4.79 Å². The van der Waals surface area contributed by atoms with Gasteiger partial charge in [0.1, 0.15) is 6.54 Å². The second kappa shape index (κ2) is 6.35. The van der Waals surface area contributed by atoms with Gasteiger partial charge in [-0.15, -0.1) is 0 Å². The SMILES string of the molecule is O=C1CN(c2ccc(C(=O)N3CCNCC(O)C3)cc2)C(=O)N1. The number of aliphatic hydroxyl groups excluding tert-OH is 1. The quantitative estimate of drug-likeness (QED) is 0.617. The maximum absolute atomic E-state index is 12.5. The van der Waals surface area contributed by atoms with Crippen molar-refractivity contribution >= 4 is 23.5 Å². The molecule has 3 rings (SSSR count). The number of rotatable bonds is 2. The van der Waals surface area contributed by atoms with Gasteiger partial charge in [0.2, 0.25) is 5.91 Å². The van der Waals surface area contributed by atoms with Crippen molar-refractivity contribution in [3.05, 3.63) is 29.8 Å². The molecule has 23 heavy (non-hydrogen) atoms. The van der Waals surface area contributed by atoms with Crippen molar-refractivity contribution in [2.24, 2.45) is 0 Å². The predicted octanol–water partition coefficient (Wildman–Crippen LogP) is -0.851. The number of nitrogens with zero attached hydrogens (tertiary/aromatic N) is 2. The van der Waals surface area contributed by atoms with E-state index < -0.39 is 12.1 Å². The average molecular weight is 318 g/mol. The predicted molar refractivity (Wildman–Crippen MR) is 82.1 cm³/mol. The summed E-state index contributed by atoms with van der Waals surface area (Å²) in [7, 11) is 0. The lowest BCUT2D eigenvalue weighted by molar-refractivity contribution is -0.117. The van der Waals surface area contributed by atoms with Crippen molar-refractivity contribution < 1.29 is 19.5 Å². The van der Waals surface area contributed by atoms with Gasteiger partial charge < -0.3 is 15.3 Å². The number of hydrogen-bond donors (Lipinski definition) is 3. The summed E-state index contributed by atoms with van der Waals surface area (Å²) in [6, 6.07) is 6.06. The van der Waals surface area contributed by atoms with Crippen LogP contribution in [-0.2, 0) is 4.79 Å². The van der Waals surface area contributed by atoms with Gasteiger partial charge in [-0.05, 0) is 24.3 Å². The van der Waals surface area contributed by atoms with Gasteiger partial charge >= 0.3 is 6.03 Å². The minimum atomic E-state index is -0.583. The highest BCUT2D eigenvalue weighted by Crippen LogP contribution is 2.18.